The van der Waals surface area contributed by atoms with Crippen LogP contribution in [-0.4, -0.2) is 5.97 Å². The Bertz CT molecular complexity index is 855. The molecule has 0 saturated heterocycles. The number of hydrogen-bond donors (Lipinski definition) is 0. The third kappa shape index (κ3) is 4.02. The van der Waals surface area contributed by atoms with Crippen LogP contribution in [0.25, 0.3) is 10.8 Å². The molecule has 0 aliphatic rings. The Morgan fingerprint density at radius 2 is 1.54 bits per heavy atom. The van der Waals surface area contributed by atoms with Gasteiger partial charge in [-0.05, 0) is 52.4 Å². The van der Waals surface area contributed by atoms with E-state index in [-0.39, 0.29) is 11.4 Å². The van der Waals surface area contributed by atoms with Crippen molar-refractivity contribution in [2.45, 2.75) is 27.2 Å². The molecule has 0 fully saturated rings. The maximum Gasteiger partial charge on any atom is 0.343 e. The van der Waals surface area contributed by atoms with Gasteiger partial charge in [-0.25, -0.2) is 4.79 Å². The van der Waals surface area contributed by atoms with E-state index in [0.29, 0.717) is 11.3 Å². The first-order valence-electron chi connectivity index (χ1n) is 8.21. The zero-order valence-electron chi connectivity index (χ0n) is 14.4. The van der Waals surface area contributed by atoms with E-state index >= 15 is 0 Å². The largest absolute Gasteiger partial charge is 0.423 e. The SMILES string of the molecule is CC(C)(C)Cc1ccc(C(=O)Oc2ccc3ccccc3c2)cc1. The fourth-order valence-electron chi connectivity index (χ4n) is 2.77. The van der Waals surface area contributed by atoms with E-state index in [4.69, 9.17) is 4.74 Å². The fraction of sp³-hybridized carbons (Fsp3) is 0.227. The van der Waals surface area contributed by atoms with Crippen molar-refractivity contribution in [2.75, 3.05) is 0 Å². The fourth-order valence-corrected chi connectivity index (χ4v) is 2.77. The molecule has 2 nitrogen and oxygen atoms in total. The number of rotatable bonds is 3. The lowest BCUT2D eigenvalue weighted by molar-refractivity contribution is 0.0735. The van der Waals surface area contributed by atoms with Crippen LogP contribution in [0.2, 0.25) is 0 Å². The Balaban J connectivity index is 1.73. The molecule has 3 aromatic carbocycles. The number of carbonyl (C=O) groups is 1. The van der Waals surface area contributed by atoms with E-state index in [1.165, 1.54) is 5.56 Å². The van der Waals surface area contributed by atoms with Crippen LogP contribution < -0.4 is 4.74 Å². The highest BCUT2D eigenvalue weighted by Gasteiger charge is 2.13. The maximum absolute atomic E-state index is 12.3. The Labute approximate surface area is 143 Å². The van der Waals surface area contributed by atoms with Crippen molar-refractivity contribution in [3.8, 4) is 5.75 Å². The van der Waals surface area contributed by atoms with Crippen molar-refractivity contribution < 1.29 is 9.53 Å². The maximum atomic E-state index is 12.3. The number of fused-ring (bicyclic) bond motifs is 1. The second-order valence-electron chi connectivity index (χ2n) is 7.33. The Morgan fingerprint density at radius 1 is 0.875 bits per heavy atom. The van der Waals surface area contributed by atoms with Gasteiger partial charge in [0.2, 0.25) is 0 Å². The van der Waals surface area contributed by atoms with Gasteiger partial charge in [-0.2, -0.15) is 0 Å². The average Bonchev–Trinajstić information content (AvgIpc) is 2.54. The van der Waals surface area contributed by atoms with E-state index in [9.17, 15) is 4.79 Å². The molecule has 0 N–H and O–H groups in total. The van der Waals surface area contributed by atoms with Crippen LogP contribution in [0.15, 0.2) is 66.7 Å². The van der Waals surface area contributed by atoms with E-state index in [0.717, 1.165) is 17.2 Å². The highest BCUT2D eigenvalue weighted by atomic mass is 16.5. The van der Waals surface area contributed by atoms with E-state index in [2.05, 4.69) is 20.8 Å². The number of carbonyl (C=O) groups excluding carboxylic acids is 1. The van der Waals surface area contributed by atoms with Crippen LogP contribution in [-0.2, 0) is 6.42 Å². The standard InChI is InChI=1S/C22H22O2/c1-22(2,3)15-16-8-10-18(11-9-16)21(23)24-20-13-12-17-6-4-5-7-19(17)14-20/h4-14H,15H2,1-3H3. The van der Waals surface area contributed by atoms with Gasteiger partial charge in [0.05, 0.1) is 5.56 Å². The predicted molar refractivity (Wildman–Crippen MR) is 98.5 cm³/mol. The zero-order chi connectivity index (χ0) is 17.2. The van der Waals surface area contributed by atoms with Crippen molar-refractivity contribution >= 4 is 16.7 Å². The summed E-state index contributed by atoms with van der Waals surface area (Å²) in [6, 6.07) is 21.4. The third-order valence-electron chi connectivity index (χ3n) is 3.86. The van der Waals surface area contributed by atoms with Gasteiger partial charge >= 0.3 is 5.97 Å². The topological polar surface area (TPSA) is 26.3 Å². The molecule has 2 heteroatoms. The number of hydrogen-bond acceptors (Lipinski definition) is 2. The van der Waals surface area contributed by atoms with E-state index in [1.807, 2.05) is 66.7 Å². The van der Waals surface area contributed by atoms with Crippen LogP contribution in [0.3, 0.4) is 0 Å². The van der Waals surface area contributed by atoms with Crippen molar-refractivity contribution in [1.29, 1.82) is 0 Å². The minimum Gasteiger partial charge on any atom is -0.423 e. The number of benzene rings is 3. The van der Waals surface area contributed by atoms with Gasteiger partial charge in [-0.15, -0.1) is 0 Å². The summed E-state index contributed by atoms with van der Waals surface area (Å²) in [5, 5.41) is 2.19. The molecule has 0 unspecified atom stereocenters. The predicted octanol–water partition coefficient (Wildman–Crippen LogP) is 5.65. The second kappa shape index (κ2) is 6.48. The summed E-state index contributed by atoms with van der Waals surface area (Å²) in [5.41, 5.74) is 2.03. The molecule has 24 heavy (non-hydrogen) atoms. The van der Waals surface area contributed by atoms with Crippen LogP contribution >= 0.6 is 0 Å². The first-order valence-corrected chi connectivity index (χ1v) is 8.21. The molecule has 0 heterocycles. The van der Waals surface area contributed by atoms with Gasteiger partial charge in [-0.3, -0.25) is 0 Å². The minimum atomic E-state index is -0.326. The minimum absolute atomic E-state index is 0.229. The summed E-state index contributed by atoms with van der Waals surface area (Å²) in [5.74, 6) is 0.241. The molecule has 0 aromatic heterocycles. The lowest BCUT2D eigenvalue weighted by atomic mass is 9.88. The summed E-state index contributed by atoms with van der Waals surface area (Å²) >= 11 is 0. The molecule has 0 spiro atoms. The molecule has 0 atom stereocenters. The van der Waals surface area contributed by atoms with Crippen LogP contribution in [0.5, 0.6) is 5.75 Å². The molecule has 0 radical (unpaired) electrons. The van der Waals surface area contributed by atoms with Gasteiger partial charge in [-0.1, -0.05) is 63.2 Å². The molecule has 3 rings (SSSR count). The summed E-state index contributed by atoms with van der Waals surface area (Å²) in [4.78, 5) is 12.3. The molecule has 0 saturated carbocycles. The smallest absolute Gasteiger partial charge is 0.343 e. The van der Waals surface area contributed by atoms with Crippen molar-refractivity contribution in [3.05, 3.63) is 77.9 Å². The zero-order valence-corrected chi connectivity index (χ0v) is 14.4. The third-order valence-corrected chi connectivity index (χ3v) is 3.86. The first kappa shape index (κ1) is 16.3. The summed E-state index contributed by atoms with van der Waals surface area (Å²) in [6.07, 6.45) is 0.979. The highest BCUT2D eigenvalue weighted by Crippen LogP contribution is 2.23. The highest BCUT2D eigenvalue weighted by molar-refractivity contribution is 5.92. The molecule has 0 aliphatic heterocycles. The molecule has 0 aliphatic carbocycles. The molecular formula is C22H22O2. The quantitative estimate of drug-likeness (QED) is 0.461. The molecule has 3 aromatic rings. The van der Waals surface area contributed by atoms with Crippen molar-refractivity contribution in [3.63, 3.8) is 0 Å². The summed E-state index contributed by atoms with van der Waals surface area (Å²) in [7, 11) is 0. The van der Waals surface area contributed by atoms with Crippen LogP contribution in [0.1, 0.15) is 36.7 Å². The summed E-state index contributed by atoms with van der Waals surface area (Å²) < 4.78 is 5.51. The summed E-state index contributed by atoms with van der Waals surface area (Å²) in [6.45, 7) is 6.61. The van der Waals surface area contributed by atoms with E-state index in [1.54, 1.807) is 0 Å². The van der Waals surface area contributed by atoms with Gasteiger partial charge < -0.3 is 4.74 Å². The van der Waals surface area contributed by atoms with Crippen molar-refractivity contribution in [1.82, 2.24) is 0 Å². The van der Waals surface area contributed by atoms with Gasteiger partial charge in [0, 0.05) is 0 Å². The lowest BCUT2D eigenvalue weighted by Gasteiger charge is -2.18. The molecule has 0 bridgehead atoms. The lowest BCUT2D eigenvalue weighted by Crippen LogP contribution is -2.11. The molecular weight excluding hydrogens is 296 g/mol. The van der Waals surface area contributed by atoms with Gasteiger partial charge in [0.1, 0.15) is 5.75 Å². The van der Waals surface area contributed by atoms with Crippen LogP contribution in [0.4, 0.5) is 0 Å². The van der Waals surface area contributed by atoms with Gasteiger partial charge in [0.15, 0.2) is 0 Å². The van der Waals surface area contributed by atoms with Gasteiger partial charge in [0.25, 0.3) is 0 Å². The number of esters is 1. The normalized spacial score (nSPS) is 11.5. The van der Waals surface area contributed by atoms with Crippen molar-refractivity contribution in [2.24, 2.45) is 5.41 Å². The monoisotopic (exact) mass is 318 g/mol. The average molecular weight is 318 g/mol. The number of ether oxygens (including phenoxy) is 1. The van der Waals surface area contributed by atoms with Crippen LogP contribution in [0, 0.1) is 5.41 Å². The Kier molecular flexibility index (Phi) is 4.39. The second-order valence-corrected chi connectivity index (χ2v) is 7.33. The first-order chi connectivity index (χ1) is 11.4. The molecule has 0 amide bonds. The Morgan fingerprint density at radius 3 is 2.21 bits per heavy atom. The molecule has 122 valence electrons. The Hall–Kier alpha value is -2.61. The van der Waals surface area contributed by atoms with E-state index < -0.39 is 0 Å².